The van der Waals surface area contributed by atoms with Crippen LogP contribution in [0.2, 0.25) is 0 Å². The summed E-state index contributed by atoms with van der Waals surface area (Å²) in [7, 11) is 0. The van der Waals surface area contributed by atoms with Gasteiger partial charge in [0.2, 0.25) is 0 Å². The van der Waals surface area contributed by atoms with Gasteiger partial charge in [-0.25, -0.2) is 0 Å². The van der Waals surface area contributed by atoms with Crippen molar-refractivity contribution in [2.24, 2.45) is 5.92 Å². The standard InChI is InChI=1S/C19H32N2/c1-6-9-21-10-7-18(8-11-21)17(5)20-19-15(3)12-14(2)13-16(19)4/h12-13,17-18,20H,6-11H2,1-5H3. The van der Waals surface area contributed by atoms with E-state index in [1.807, 2.05) is 0 Å². The summed E-state index contributed by atoms with van der Waals surface area (Å²) in [4.78, 5) is 2.62. The molecule has 1 unspecified atom stereocenters. The highest BCUT2D eigenvalue weighted by molar-refractivity contribution is 5.58. The number of aryl methyl sites for hydroxylation is 3. The van der Waals surface area contributed by atoms with Gasteiger partial charge in [-0.15, -0.1) is 0 Å². The molecule has 0 radical (unpaired) electrons. The average molecular weight is 288 g/mol. The van der Waals surface area contributed by atoms with Crippen molar-refractivity contribution in [1.82, 2.24) is 4.90 Å². The molecule has 1 heterocycles. The molecule has 0 aliphatic carbocycles. The lowest BCUT2D eigenvalue weighted by atomic mass is 9.89. The third kappa shape index (κ3) is 4.23. The molecule has 2 nitrogen and oxygen atoms in total. The largest absolute Gasteiger partial charge is 0.382 e. The van der Waals surface area contributed by atoms with Gasteiger partial charge in [-0.2, -0.15) is 0 Å². The van der Waals surface area contributed by atoms with Gasteiger partial charge in [0.1, 0.15) is 0 Å². The van der Waals surface area contributed by atoms with Crippen molar-refractivity contribution in [1.29, 1.82) is 0 Å². The third-order valence-electron chi connectivity index (χ3n) is 4.93. The van der Waals surface area contributed by atoms with Crippen LogP contribution in [0, 0.1) is 26.7 Å². The van der Waals surface area contributed by atoms with Crippen LogP contribution in [0.4, 0.5) is 5.69 Å². The first-order chi connectivity index (χ1) is 10.0. The lowest BCUT2D eigenvalue weighted by Crippen LogP contribution is -2.39. The monoisotopic (exact) mass is 288 g/mol. The van der Waals surface area contributed by atoms with E-state index in [4.69, 9.17) is 0 Å². The number of anilines is 1. The SMILES string of the molecule is CCCN1CCC(C(C)Nc2c(C)cc(C)cc2C)CC1. The molecule has 1 atom stereocenters. The van der Waals surface area contributed by atoms with Crippen LogP contribution in [0.1, 0.15) is 49.8 Å². The average Bonchev–Trinajstić information content (AvgIpc) is 2.43. The number of piperidine rings is 1. The van der Waals surface area contributed by atoms with Crippen molar-refractivity contribution >= 4 is 5.69 Å². The Morgan fingerprint density at radius 2 is 1.71 bits per heavy atom. The first-order valence-electron chi connectivity index (χ1n) is 8.58. The fourth-order valence-corrected chi connectivity index (χ4v) is 3.75. The summed E-state index contributed by atoms with van der Waals surface area (Å²) in [6, 6.07) is 5.13. The van der Waals surface area contributed by atoms with Gasteiger partial charge < -0.3 is 10.2 Å². The van der Waals surface area contributed by atoms with Crippen molar-refractivity contribution < 1.29 is 0 Å². The Kier molecular flexibility index (Phi) is 5.69. The summed E-state index contributed by atoms with van der Waals surface area (Å²) in [5.74, 6) is 0.804. The van der Waals surface area contributed by atoms with Crippen molar-refractivity contribution in [2.75, 3.05) is 25.0 Å². The second kappa shape index (κ2) is 7.31. The van der Waals surface area contributed by atoms with Gasteiger partial charge in [0.15, 0.2) is 0 Å². The van der Waals surface area contributed by atoms with E-state index in [0.29, 0.717) is 6.04 Å². The van der Waals surface area contributed by atoms with E-state index in [9.17, 15) is 0 Å². The Morgan fingerprint density at radius 3 is 2.24 bits per heavy atom. The van der Waals surface area contributed by atoms with Gasteiger partial charge in [-0.1, -0.05) is 24.6 Å². The molecule has 0 saturated carbocycles. The molecule has 21 heavy (non-hydrogen) atoms. The molecule has 0 spiro atoms. The summed E-state index contributed by atoms with van der Waals surface area (Å²) >= 11 is 0. The minimum absolute atomic E-state index is 0.564. The zero-order chi connectivity index (χ0) is 15.4. The highest BCUT2D eigenvalue weighted by atomic mass is 15.1. The van der Waals surface area contributed by atoms with Crippen LogP contribution >= 0.6 is 0 Å². The molecule has 0 bridgehead atoms. The molecule has 1 aliphatic rings. The predicted octanol–water partition coefficient (Wildman–Crippen LogP) is 4.53. The van der Waals surface area contributed by atoms with Crippen molar-refractivity contribution in [3.8, 4) is 0 Å². The van der Waals surface area contributed by atoms with Crippen LogP contribution in [0.3, 0.4) is 0 Å². The zero-order valence-electron chi connectivity index (χ0n) is 14.5. The summed E-state index contributed by atoms with van der Waals surface area (Å²) in [6.07, 6.45) is 3.94. The number of hydrogen-bond acceptors (Lipinski definition) is 2. The van der Waals surface area contributed by atoms with Gasteiger partial charge in [-0.05, 0) is 83.6 Å². The Labute approximate surface area is 130 Å². The van der Waals surface area contributed by atoms with E-state index in [1.54, 1.807) is 0 Å². The molecule has 1 aromatic carbocycles. The van der Waals surface area contributed by atoms with E-state index in [2.05, 4.69) is 57.0 Å². The fourth-order valence-electron chi connectivity index (χ4n) is 3.75. The van der Waals surface area contributed by atoms with E-state index in [0.717, 1.165) is 5.92 Å². The molecule has 1 aliphatic heterocycles. The third-order valence-corrected chi connectivity index (χ3v) is 4.93. The van der Waals surface area contributed by atoms with Crippen molar-refractivity contribution in [3.63, 3.8) is 0 Å². The molecule has 1 saturated heterocycles. The lowest BCUT2D eigenvalue weighted by Gasteiger charge is -2.35. The minimum Gasteiger partial charge on any atom is -0.382 e. The van der Waals surface area contributed by atoms with Gasteiger partial charge in [-0.3, -0.25) is 0 Å². The highest BCUT2D eigenvalue weighted by Crippen LogP contribution is 2.27. The van der Waals surface area contributed by atoms with Crippen LogP contribution in [0.5, 0.6) is 0 Å². The summed E-state index contributed by atoms with van der Waals surface area (Å²) < 4.78 is 0. The Morgan fingerprint density at radius 1 is 1.14 bits per heavy atom. The second-order valence-corrected chi connectivity index (χ2v) is 6.89. The van der Waals surface area contributed by atoms with Gasteiger partial charge in [0.05, 0.1) is 0 Å². The minimum atomic E-state index is 0.564. The molecule has 0 aromatic heterocycles. The zero-order valence-corrected chi connectivity index (χ0v) is 14.5. The first kappa shape index (κ1) is 16.4. The predicted molar refractivity (Wildman–Crippen MR) is 93.2 cm³/mol. The molecule has 0 amide bonds. The number of hydrogen-bond donors (Lipinski definition) is 1. The Balaban J connectivity index is 1.95. The maximum atomic E-state index is 3.80. The smallest absolute Gasteiger partial charge is 0.0401 e. The summed E-state index contributed by atoms with van der Waals surface area (Å²) in [6.45, 7) is 15.1. The van der Waals surface area contributed by atoms with E-state index in [1.165, 1.54) is 61.3 Å². The second-order valence-electron chi connectivity index (χ2n) is 6.89. The molecule has 2 heteroatoms. The normalized spacial score (nSPS) is 18.7. The van der Waals surface area contributed by atoms with Crippen LogP contribution in [-0.2, 0) is 0 Å². The lowest BCUT2D eigenvalue weighted by molar-refractivity contribution is 0.176. The number of nitrogens with one attached hydrogen (secondary N) is 1. The number of rotatable bonds is 5. The molecule has 1 fully saturated rings. The Bertz CT molecular complexity index is 436. The van der Waals surface area contributed by atoms with Gasteiger partial charge in [0, 0.05) is 11.7 Å². The van der Waals surface area contributed by atoms with Crippen LogP contribution in [0.25, 0.3) is 0 Å². The molecule has 2 rings (SSSR count). The van der Waals surface area contributed by atoms with E-state index >= 15 is 0 Å². The Hall–Kier alpha value is -1.02. The van der Waals surface area contributed by atoms with E-state index < -0.39 is 0 Å². The molecular weight excluding hydrogens is 256 g/mol. The van der Waals surface area contributed by atoms with E-state index in [-0.39, 0.29) is 0 Å². The van der Waals surface area contributed by atoms with Crippen molar-refractivity contribution in [2.45, 2.75) is 59.9 Å². The van der Waals surface area contributed by atoms with Crippen LogP contribution in [0.15, 0.2) is 12.1 Å². The summed E-state index contributed by atoms with van der Waals surface area (Å²) in [5.41, 5.74) is 5.46. The first-order valence-corrected chi connectivity index (χ1v) is 8.58. The molecule has 118 valence electrons. The van der Waals surface area contributed by atoms with Crippen LogP contribution in [-0.4, -0.2) is 30.6 Å². The molecule has 1 N–H and O–H groups in total. The molecular formula is C19H32N2. The van der Waals surface area contributed by atoms with Gasteiger partial charge >= 0.3 is 0 Å². The highest BCUT2D eigenvalue weighted by Gasteiger charge is 2.24. The maximum absolute atomic E-state index is 3.80. The number of likely N-dealkylation sites (tertiary alicyclic amines) is 1. The topological polar surface area (TPSA) is 15.3 Å². The number of benzene rings is 1. The fraction of sp³-hybridized carbons (Fsp3) is 0.684. The molecule has 1 aromatic rings. The quantitative estimate of drug-likeness (QED) is 0.856. The van der Waals surface area contributed by atoms with Crippen LogP contribution < -0.4 is 5.32 Å². The van der Waals surface area contributed by atoms with Crippen molar-refractivity contribution in [3.05, 3.63) is 28.8 Å². The summed E-state index contributed by atoms with van der Waals surface area (Å²) in [5, 5.41) is 3.80. The maximum Gasteiger partial charge on any atom is 0.0401 e. The van der Waals surface area contributed by atoms with Gasteiger partial charge in [0.25, 0.3) is 0 Å². The number of nitrogens with zero attached hydrogens (tertiary/aromatic N) is 1.